The molecule has 30 heavy (non-hydrogen) atoms. The van der Waals surface area contributed by atoms with Crippen molar-refractivity contribution in [3.63, 3.8) is 0 Å². The van der Waals surface area contributed by atoms with Crippen LogP contribution >= 0.6 is 22.9 Å². The van der Waals surface area contributed by atoms with E-state index in [0.29, 0.717) is 32.0 Å². The van der Waals surface area contributed by atoms with E-state index in [1.54, 1.807) is 55.5 Å². The van der Waals surface area contributed by atoms with Crippen molar-refractivity contribution in [1.82, 2.24) is 10.2 Å². The molecule has 1 N–H and O–H groups in total. The van der Waals surface area contributed by atoms with Gasteiger partial charge in [0, 0.05) is 10.6 Å². The summed E-state index contributed by atoms with van der Waals surface area (Å²) in [7, 11) is 1.53. The molecule has 1 amide bonds. The van der Waals surface area contributed by atoms with Gasteiger partial charge in [0.05, 0.1) is 18.7 Å². The molecule has 0 aliphatic carbocycles. The van der Waals surface area contributed by atoms with Gasteiger partial charge in [-0.3, -0.25) is 14.5 Å². The van der Waals surface area contributed by atoms with Gasteiger partial charge in [0.15, 0.2) is 11.5 Å². The van der Waals surface area contributed by atoms with Crippen LogP contribution in [0.3, 0.4) is 0 Å². The first-order chi connectivity index (χ1) is 14.4. The number of anilines is 1. The quantitative estimate of drug-likeness (QED) is 0.593. The zero-order valence-electron chi connectivity index (χ0n) is 16.0. The summed E-state index contributed by atoms with van der Waals surface area (Å²) in [6.45, 7) is 1.76. The summed E-state index contributed by atoms with van der Waals surface area (Å²) in [6.07, 6.45) is 0. The van der Waals surface area contributed by atoms with E-state index in [2.05, 4.69) is 10.2 Å². The second-order valence-corrected chi connectivity index (χ2v) is 8.15. The van der Waals surface area contributed by atoms with Gasteiger partial charge in [-0.15, -0.1) is 10.2 Å². The Morgan fingerprint density at radius 2 is 1.80 bits per heavy atom. The van der Waals surface area contributed by atoms with Crippen LogP contribution in [0.4, 0.5) is 5.13 Å². The molecule has 1 aromatic heterocycles. The third kappa shape index (κ3) is 3.44. The molecule has 2 heterocycles. The molecule has 0 bridgehead atoms. The molecule has 0 fully saturated rings. The predicted molar refractivity (Wildman–Crippen MR) is 113 cm³/mol. The molecule has 3 aromatic rings. The Bertz CT molecular complexity index is 1160. The highest BCUT2D eigenvalue weighted by atomic mass is 35.5. The molecule has 7 nitrogen and oxygen atoms in total. The topological polar surface area (TPSA) is 92.6 Å². The van der Waals surface area contributed by atoms with E-state index >= 15 is 0 Å². The number of aliphatic hydroxyl groups excluding tert-OH is 1. The molecule has 4 rings (SSSR count). The minimum absolute atomic E-state index is 0.0275. The Morgan fingerprint density at radius 3 is 2.37 bits per heavy atom. The second-order valence-electron chi connectivity index (χ2n) is 6.55. The number of Topliss-reactive ketones (excluding diaryl/α,β-unsaturated/α-hetero) is 1. The summed E-state index contributed by atoms with van der Waals surface area (Å²) in [5, 5.41) is 20.2. The number of halogens is 1. The number of benzene rings is 2. The van der Waals surface area contributed by atoms with E-state index in [-0.39, 0.29) is 5.57 Å². The van der Waals surface area contributed by atoms with Crippen molar-refractivity contribution in [3.05, 3.63) is 81.0 Å². The number of aliphatic hydroxyl groups is 1. The molecular formula is C21H16ClN3O4S. The number of hydrogen-bond donors (Lipinski definition) is 1. The second kappa shape index (κ2) is 7.89. The number of nitrogens with zero attached hydrogens (tertiary/aromatic N) is 3. The summed E-state index contributed by atoms with van der Waals surface area (Å²) in [6, 6.07) is 12.3. The summed E-state index contributed by atoms with van der Waals surface area (Å²) in [4.78, 5) is 27.6. The highest BCUT2D eigenvalue weighted by Crippen LogP contribution is 2.42. The van der Waals surface area contributed by atoms with Crippen LogP contribution in [0.1, 0.15) is 27.0 Å². The number of carbonyl (C=O) groups is 2. The standard InChI is InChI=1S/C21H16ClN3O4S/c1-11-23-24-21(30-11)25-17(12-3-7-14(22)8-4-12)16(19(27)20(25)28)18(26)13-5-9-15(29-2)10-6-13/h3-10,17,27H,1-2H3. The Hall–Kier alpha value is -3.23. The smallest absolute Gasteiger partial charge is 0.296 e. The van der Waals surface area contributed by atoms with Crippen LogP contribution in [0.5, 0.6) is 5.75 Å². The van der Waals surface area contributed by atoms with E-state index < -0.39 is 23.5 Å². The molecule has 1 aliphatic rings. The van der Waals surface area contributed by atoms with Gasteiger partial charge in [0.2, 0.25) is 5.13 Å². The zero-order chi connectivity index (χ0) is 21.4. The summed E-state index contributed by atoms with van der Waals surface area (Å²) >= 11 is 7.21. The van der Waals surface area contributed by atoms with Crippen molar-refractivity contribution >= 4 is 39.8 Å². The maximum atomic E-state index is 13.3. The number of ketones is 1. The Morgan fingerprint density at radius 1 is 1.13 bits per heavy atom. The van der Waals surface area contributed by atoms with Crippen molar-refractivity contribution in [2.45, 2.75) is 13.0 Å². The number of methoxy groups -OCH3 is 1. The number of aryl methyl sites for hydroxylation is 1. The SMILES string of the molecule is COc1ccc(C(=O)C2=C(O)C(=O)N(c3nnc(C)s3)C2c2ccc(Cl)cc2)cc1. The van der Waals surface area contributed by atoms with Gasteiger partial charge >= 0.3 is 0 Å². The number of ether oxygens (including phenoxy) is 1. The lowest BCUT2D eigenvalue weighted by atomic mass is 9.93. The minimum atomic E-state index is -0.864. The fourth-order valence-electron chi connectivity index (χ4n) is 3.28. The van der Waals surface area contributed by atoms with Crippen LogP contribution in [0, 0.1) is 6.92 Å². The Labute approximate surface area is 181 Å². The monoisotopic (exact) mass is 441 g/mol. The average molecular weight is 442 g/mol. The van der Waals surface area contributed by atoms with E-state index in [1.807, 2.05) is 0 Å². The normalized spacial score (nSPS) is 16.3. The average Bonchev–Trinajstić information content (AvgIpc) is 3.29. The highest BCUT2D eigenvalue weighted by molar-refractivity contribution is 7.15. The molecule has 0 radical (unpaired) electrons. The van der Waals surface area contributed by atoms with Crippen molar-refractivity contribution in [2.24, 2.45) is 0 Å². The zero-order valence-corrected chi connectivity index (χ0v) is 17.6. The third-order valence-corrected chi connectivity index (χ3v) is 5.80. The molecule has 9 heteroatoms. The lowest BCUT2D eigenvalue weighted by Crippen LogP contribution is -2.31. The fourth-order valence-corrected chi connectivity index (χ4v) is 4.12. The van der Waals surface area contributed by atoms with Crippen molar-refractivity contribution in [3.8, 4) is 5.75 Å². The first kappa shape index (κ1) is 20.1. The van der Waals surface area contributed by atoms with Gasteiger partial charge in [-0.25, -0.2) is 0 Å². The molecule has 1 aliphatic heterocycles. The van der Waals surface area contributed by atoms with Crippen LogP contribution in [0.15, 0.2) is 59.9 Å². The molecule has 0 saturated heterocycles. The van der Waals surface area contributed by atoms with Crippen LogP contribution in [0.2, 0.25) is 5.02 Å². The number of rotatable bonds is 5. The lowest BCUT2D eigenvalue weighted by Gasteiger charge is -2.24. The van der Waals surface area contributed by atoms with Crippen molar-refractivity contribution < 1.29 is 19.4 Å². The van der Waals surface area contributed by atoms with Gasteiger partial charge in [0.25, 0.3) is 5.91 Å². The van der Waals surface area contributed by atoms with Crippen molar-refractivity contribution in [1.29, 1.82) is 0 Å². The van der Waals surface area contributed by atoms with Crippen molar-refractivity contribution in [2.75, 3.05) is 12.0 Å². The molecule has 0 saturated carbocycles. The predicted octanol–water partition coefficient (Wildman–Crippen LogP) is 4.29. The van der Waals surface area contributed by atoms with Crippen LogP contribution in [0.25, 0.3) is 0 Å². The number of hydrogen-bond acceptors (Lipinski definition) is 7. The maximum absolute atomic E-state index is 13.3. The highest BCUT2D eigenvalue weighted by Gasteiger charge is 2.46. The molecular weight excluding hydrogens is 426 g/mol. The van der Waals surface area contributed by atoms with Gasteiger partial charge in [-0.1, -0.05) is 35.1 Å². The van der Waals surface area contributed by atoms with Gasteiger partial charge in [-0.05, 0) is 48.9 Å². The van der Waals surface area contributed by atoms with Gasteiger partial charge < -0.3 is 9.84 Å². The molecule has 0 spiro atoms. The number of amides is 1. The van der Waals surface area contributed by atoms with Gasteiger partial charge in [-0.2, -0.15) is 0 Å². The first-order valence-electron chi connectivity index (χ1n) is 8.91. The van der Waals surface area contributed by atoms with E-state index in [0.717, 1.165) is 0 Å². The maximum Gasteiger partial charge on any atom is 0.296 e. The van der Waals surface area contributed by atoms with E-state index in [9.17, 15) is 14.7 Å². The summed E-state index contributed by atoms with van der Waals surface area (Å²) < 4.78 is 5.13. The Balaban J connectivity index is 1.84. The molecule has 152 valence electrons. The summed E-state index contributed by atoms with van der Waals surface area (Å²) in [5.41, 5.74) is 0.904. The van der Waals surface area contributed by atoms with E-state index in [4.69, 9.17) is 16.3 Å². The van der Waals surface area contributed by atoms with E-state index in [1.165, 1.54) is 23.3 Å². The van der Waals surface area contributed by atoms with Crippen LogP contribution in [-0.2, 0) is 4.79 Å². The van der Waals surface area contributed by atoms with Crippen LogP contribution in [-0.4, -0.2) is 34.1 Å². The number of aromatic nitrogens is 2. The minimum Gasteiger partial charge on any atom is -0.503 e. The van der Waals surface area contributed by atoms with Crippen LogP contribution < -0.4 is 9.64 Å². The molecule has 1 atom stereocenters. The third-order valence-electron chi connectivity index (χ3n) is 4.71. The largest absolute Gasteiger partial charge is 0.503 e. The summed E-state index contributed by atoms with van der Waals surface area (Å²) in [5.74, 6) is -1.19. The lowest BCUT2D eigenvalue weighted by molar-refractivity contribution is -0.117. The van der Waals surface area contributed by atoms with Gasteiger partial charge in [0.1, 0.15) is 10.8 Å². The molecule has 2 aromatic carbocycles. The number of carbonyl (C=O) groups excluding carboxylic acids is 2. The first-order valence-corrected chi connectivity index (χ1v) is 10.1. The fraction of sp³-hybridized carbons (Fsp3) is 0.143. The Kier molecular flexibility index (Phi) is 5.27. The molecule has 1 unspecified atom stereocenters.